The van der Waals surface area contributed by atoms with Crippen LogP contribution in [0.15, 0.2) is 12.1 Å². The fraction of sp³-hybridized carbons (Fsp3) is 0.741. The summed E-state index contributed by atoms with van der Waals surface area (Å²) in [6.45, 7) is 20.5. The van der Waals surface area contributed by atoms with Crippen molar-refractivity contribution >= 4 is 14.8 Å². The van der Waals surface area contributed by atoms with Crippen molar-refractivity contribution < 1.29 is 27.9 Å². The second kappa shape index (κ2) is 13.6. The average Bonchev–Trinajstić information content (AvgIpc) is 2.71. The topological polar surface area (TPSA) is 74.2 Å². The number of hydrogen-bond acceptors (Lipinski definition) is 6. The second-order valence-corrected chi connectivity index (χ2v) is 13.4. The van der Waals surface area contributed by atoms with Gasteiger partial charge in [0.1, 0.15) is 5.75 Å². The predicted octanol–water partition coefficient (Wildman–Crippen LogP) is 6.29. The average molecular weight is 497 g/mol. The van der Waals surface area contributed by atoms with Crippen molar-refractivity contribution in [3.05, 3.63) is 28.8 Å². The number of ether oxygens (including phenoxy) is 1. The summed E-state index contributed by atoms with van der Waals surface area (Å²) in [4.78, 5) is 12.4. The van der Waals surface area contributed by atoms with Gasteiger partial charge in [-0.15, -0.1) is 0 Å². The first-order chi connectivity index (χ1) is 15.8. The Labute approximate surface area is 208 Å². The summed E-state index contributed by atoms with van der Waals surface area (Å²) in [5, 5.41) is 10.9. The Balaban J connectivity index is 2.65. The van der Waals surface area contributed by atoms with E-state index in [4.69, 9.17) is 18.0 Å². The van der Waals surface area contributed by atoms with Crippen LogP contribution in [0.25, 0.3) is 0 Å². The van der Waals surface area contributed by atoms with Crippen molar-refractivity contribution in [3.8, 4) is 5.75 Å². The molecule has 0 aliphatic rings. The lowest BCUT2D eigenvalue weighted by molar-refractivity contribution is -0.143. The van der Waals surface area contributed by atoms with Crippen LogP contribution < -0.4 is 0 Å². The van der Waals surface area contributed by atoms with Gasteiger partial charge < -0.3 is 23.1 Å². The minimum atomic E-state index is -2.64. The minimum Gasteiger partial charge on any atom is -0.507 e. The molecule has 0 aliphatic carbocycles. The first-order valence-corrected chi connectivity index (χ1v) is 14.7. The summed E-state index contributed by atoms with van der Waals surface area (Å²) >= 11 is 0. The zero-order valence-electron chi connectivity index (χ0n) is 23.0. The highest BCUT2D eigenvalue weighted by Gasteiger charge is 2.39. The highest BCUT2D eigenvalue weighted by Crippen LogP contribution is 2.40. The molecule has 0 saturated carbocycles. The summed E-state index contributed by atoms with van der Waals surface area (Å²) in [6, 6.07) is 4.77. The number of rotatable bonds is 14. The number of carbonyl (C=O) groups is 1. The van der Waals surface area contributed by atoms with Gasteiger partial charge in [-0.25, -0.2) is 0 Å². The molecule has 0 atom stereocenters. The van der Waals surface area contributed by atoms with Crippen molar-refractivity contribution in [2.75, 3.05) is 26.4 Å². The number of hydrogen-bond donors (Lipinski definition) is 1. The maximum absolute atomic E-state index is 12.4. The normalized spacial score (nSPS) is 12.7. The third-order valence-electron chi connectivity index (χ3n) is 5.64. The van der Waals surface area contributed by atoms with E-state index in [0.717, 1.165) is 35.6 Å². The van der Waals surface area contributed by atoms with Gasteiger partial charge in [0.2, 0.25) is 0 Å². The highest BCUT2D eigenvalue weighted by molar-refractivity contribution is 6.60. The van der Waals surface area contributed by atoms with Crippen LogP contribution in [0.1, 0.15) is 98.3 Å². The second-order valence-electron chi connectivity index (χ2n) is 10.7. The number of esters is 1. The van der Waals surface area contributed by atoms with Crippen LogP contribution in [-0.4, -0.2) is 46.3 Å². The maximum Gasteiger partial charge on any atom is 0.500 e. The SMILES string of the molecule is CCO[Si](CCCCOC(=O)CCc1cc(C(C)(C)C)c(O)c(C(C)(C)C)c1)(OCC)OCC. The van der Waals surface area contributed by atoms with Gasteiger partial charge >= 0.3 is 14.8 Å². The maximum atomic E-state index is 12.4. The van der Waals surface area contributed by atoms with E-state index >= 15 is 0 Å². The van der Waals surface area contributed by atoms with E-state index in [1.807, 2.05) is 32.9 Å². The van der Waals surface area contributed by atoms with Crippen molar-refractivity contribution in [1.82, 2.24) is 0 Å². The molecule has 0 heterocycles. The Bertz CT molecular complexity index is 711. The van der Waals surface area contributed by atoms with Crippen LogP contribution in [0, 0.1) is 0 Å². The van der Waals surface area contributed by atoms with E-state index in [2.05, 4.69) is 41.5 Å². The Hall–Kier alpha value is -1.41. The molecule has 0 aromatic heterocycles. The molecule has 1 aromatic rings. The molecule has 0 bridgehead atoms. The van der Waals surface area contributed by atoms with Crippen molar-refractivity contribution in [3.63, 3.8) is 0 Å². The number of aryl methyl sites for hydroxylation is 1. The van der Waals surface area contributed by atoms with Gasteiger partial charge in [0, 0.05) is 32.3 Å². The molecule has 0 saturated heterocycles. The van der Waals surface area contributed by atoms with E-state index in [1.165, 1.54) is 0 Å². The number of benzene rings is 1. The van der Waals surface area contributed by atoms with Gasteiger partial charge in [0.25, 0.3) is 0 Å². The lowest BCUT2D eigenvalue weighted by atomic mass is 9.78. The van der Waals surface area contributed by atoms with Crippen LogP contribution >= 0.6 is 0 Å². The minimum absolute atomic E-state index is 0.191. The Kier molecular flexibility index (Phi) is 12.3. The van der Waals surface area contributed by atoms with Crippen LogP contribution in [0.4, 0.5) is 0 Å². The summed E-state index contributed by atoms with van der Waals surface area (Å²) in [6.07, 6.45) is 2.46. The van der Waals surface area contributed by atoms with Gasteiger partial charge in [-0.05, 0) is 67.6 Å². The molecule has 0 fully saturated rings. The largest absolute Gasteiger partial charge is 0.507 e. The van der Waals surface area contributed by atoms with Gasteiger partial charge in [-0.2, -0.15) is 0 Å². The zero-order chi connectivity index (χ0) is 26.0. The van der Waals surface area contributed by atoms with Crippen molar-refractivity contribution in [2.45, 2.75) is 105 Å². The Morgan fingerprint density at radius 3 is 1.74 bits per heavy atom. The standard InChI is InChI=1S/C27H48O6Si/c1-10-31-34(32-11-2,33-12-3)18-14-13-17-30-24(28)16-15-21-19-22(26(4,5)6)25(29)23(20-21)27(7,8)9/h19-20,29H,10-18H2,1-9H3. The quantitative estimate of drug-likeness (QED) is 0.185. The van der Waals surface area contributed by atoms with E-state index in [9.17, 15) is 9.90 Å². The molecular formula is C27H48O6Si. The lowest BCUT2D eigenvalue weighted by Gasteiger charge is -2.28. The molecule has 1 aromatic carbocycles. The monoisotopic (exact) mass is 496 g/mol. The molecule has 6 nitrogen and oxygen atoms in total. The van der Waals surface area contributed by atoms with Gasteiger partial charge in [0.05, 0.1) is 6.61 Å². The molecule has 0 unspecified atom stereocenters. The number of unbranched alkanes of at least 4 members (excludes halogenated alkanes) is 1. The summed E-state index contributed by atoms with van der Waals surface area (Å²) in [5.41, 5.74) is 2.49. The molecule has 7 heteroatoms. The number of phenolic OH excluding ortho intramolecular Hbond substituents is 1. The molecule has 0 aliphatic heterocycles. The number of phenols is 1. The molecule has 34 heavy (non-hydrogen) atoms. The van der Waals surface area contributed by atoms with Gasteiger partial charge in [-0.3, -0.25) is 4.79 Å². The zero-order valence-corrected chi connectivity index (χ0v) is 24.0. The van der Waals surface area contributed by atoms with Crippen molar-refractivity contribution in [1.29, 1.82) is 0 Å². The van der Waals surface area contributed by atoms with E-state index in [-0.39, 0.29) is 16.8 Å². The Morgan fingerprint density at radius 2 is 1.32 bits per heavy atom. The highest BCUT2D eigenvalue weighted by atomic mass is 28.4. The van der Waals surface area contributed by atoms with E-state index < -0.39 is 8.80 Å². The molecule has 196 valence electrons. The van der Waals surface area contributed by atoms with E-state index in [1.54, 1.807) is 0 Å². The van der Waals surface area contributed by atoms with E-state index in [0.29, 0.717) is 45.0 Å². The fourth-order valence-corrected chi connectivity index (χ4v) is 6.62. The summed E-state index contributed by atoms with van der Waals surface area (Å²) in [7, 11) is -2.64. The third kappa shape index (κ3) is 9.68. The predicted molar refractivity (Wildman–Crippen MR) is 139 cm³/mol. The van der Waals surface area contributed by atoms with Gasteiger partial charge in [0.15, 0.2) is 0 Å². The third-order valence-corrected chi connectivity index (χ3v) is 8.79. The first-order valence-electron chi connectivity index (χ1n) is 12.7. The fourth-order valence-electron chi connectivity index (χ4n) is 3.93. The Morgan fingerprint density at radius 1 is 0.853 bits per heavy atom. The smallest absolute Gasteiger partial charge is 0.500 e. The molecule has 0 amide bonds. The van der Waals surface area contributed by atoms with Crippen LogP contribution in [0.5, 0.6) is 5.75 Å². The summed E-state index contributed by atoms with van der Waals surface area (Å²) < 4.78 is 23.1. The lowest BCUT2D eigenvalue weighted by Crippen LogP contribution is -2.45. The number of carbonyl (C=O) groups excluding carboxylic acids is 1. The van der Waals surface area contributed by atoms with Crippen LogP contribution in [-0.2, 0) is 40.1 Å². The molecule has 1 rings (SSSR count). The molecule has 0 spiro atoms. The summed E-state index contributed by atoms with van der Waals surface area (Å²) in [5.74, 6) is 0.155. The van der Waals surface area contributed by atoms with Crippen LogP contribution in [0.2, 0.25) is 6.04 Å². The molecule has 1 N–H and O–H groups in total. The first kappa shape index (κ1) is 30.6. The van der Waals surface area contributed by atoms with Gasteiger partial charge in [-0.1, -0.05) is 53.7 Å². The van der Waals surface area contributed by atoms with Crippen LogP contribution in [0.3, 0.4) is 0 Å². The molecule has 0 radical (unpaired) electrons. The molecular weight excluding hydrogens is 448 g/mol. The van der Waals surface area contributed by atoms with Crippen molar-refractivity contribution in [2.24, 2.45) is 0 Å². The number of aromatic hydroxyl groups is 1.